The summed E-state index contributed by atoms with van der Waals surface area (Å²) in [5.74, 6) is -1.47. The van der Waals surface area contributed by atoms with Gasteiger partial charge in [0.05, 0.1) is 0 Å². The minimum Gasteiger partial charge on any atom is -0.316 e. The first-order chi connectivity index (χ1) is 9.75. The van der Waals surface area contributed by atoms with Crippen LogP contribution in [0.4, 0.5) is 8.78 Å². The summed E-state index contributed by atoms with van der Waals surface area (Å²) >= 11 is 0. The number of nitrogens with zero attached hydrogens (tertiary/aromatic N) is 4. The second-order valence-electron chi connectivity index (χ2n) is 4.98. The Balaban J connectivity index is 1.98. The first kappa shape index (κ1) is 13.1. The van der Waals surface area contributed by atoms with Gasteiger partial charge < -0.3 is 5.32 Å². The van der Waals surface area contributed by atoms with Crippen molar-refractivity contribution < 1.29 is 8.78 Å². The highest BCUT2D eigenvalue weighted by atomic mass is 19.2. The Kier molecular flexibility index (Phi) is 3.68. The number of tetrazole rings is 1. The van der Waals surface area contributed by atoms with E-state index in [-0.39, 0.29) is 12.0 Å². The summed E-state index contributed by atoms with van der Waals surface area (Å²) in [5, 5.41) is 15.0. The number of rotatable bonds is 3. The average molecular weight is 279 g/mol. The maximum atomic E-state index is 13.5. The standard InChI is InChI=1S/C13H15F2N5/c14-11-4-3-9(6-12(11)15)13(20-18-8-17-19-20)10-2-1-5-16-7-10/h3-4,6,8,10,13,16H,1-2,5,7H2/t10-,13?/m0/s1. The minimum absolute atomic E-state index is 0.225. The van der Waals surface area contributed by atoms with Crippen LogP contribution in [0.25, 0.3) is 0 Å². The quantitative estimate of drug-likeness (QED) is 0.926. The summed E-state index contributed by atoms with van der Waals surface area (Å²) in [6.45, 7) is 1.77. The van der Waals surface area contributed by atoms with Gasteiger partial charge in [0, 0.05) is 6.54 Å². The SMILES string of the molecule is Fc1ccc(C([C@H]2CCCNC2)n2ncnn2)cc1F. The van der Waals surface area contributed by atoms with Gasteiger partial charge in [-0.05, 0) is 48.2 Å². The molecular weight excluding hydrogens is 264 g/mol. The molecule has 0 bridgehead atoms. The molecule has 2 atom stereocenters. The third kappa shape index (κ3) is 2.53. The van der Waals surface area contributed by atoms with E-state index in [1.807, 2.05) is 0 Å². The van der Waals surface area contributed by atoms with Crippen LogP contribution in [0.15, 0.2) is 24.5 Å². The zero-order valence-electron chi connectivity index (χ0n) is 10.8. The van der Waals surface area contributed by atoms with Gasteiger partial charge in [-0.1, -0.05) is 6.07 Å². The summed E-state index contributed by atoms with van der Waals surface area (Å²) in [7, 11) is 0. The number of hydrogen-bond donors (Lipinski definition) is 1. The van der Waals surface area contributed by atoms with Crippen LogP contribution in [0, 0.1) is 17.6 Å². The number of piperidine rings is 1. The molecular formula is C13H15F2N5. The second-order valence-corrected chi connectivity index (χ2v) is 4.98. The first-order valence-electron chi connectivity index (χ1n) is 6.64. The predicted molar refractivity (Wildman–Crippen MR) is 67.9 cm³/mol. The fraction of sp³-hybridized carbons (Fsp3) is 0.462. The zero-order chi connectivity index (χ0) is 13.9. The van der Waals surface area contributed by atoms with Crippen LogP contribution >= 0.6 is 0 Å². The molecule has 106 valence electrons. The Morgan fingerprint density at radius 2 is 2.20 bits per heavy atom. The van der Waals surface area contributed by atoms with Crippen molar-refractivity contribution in [2.75, 3.05) is 13.1 Å². The fourth-order valence-corrected chi connectivity index (χ4v) is 2.74. The molecule has 1 aromatic carbocycles. The van der Waals surface area contributed by atoms with Crippen LogP contribution < -0.4 is 5.32 Å². The van der Waals surface area contributed by atoms with E-state index in [0.29, 0.717) is 5.56 Å². The molecule has 0 spiro atoms. The van der Waals surface area contributed by atoms with Crippen LogP contribution in [-0.4, -0.2) is 33.3 Å². The molecule has 1 N–H and O–H groups in total. The van der Waals surface area contributed by atoms with E-state index in [0.717, 1.165) is 32.0 Å². The molecule has 0 amide bonds. The van der Waals surface area contributed by atoms with E-state index in [9.17, 15) is 8.78 Å². The van der Waals surface area contributed by atoms with Crippen molar-refractivity contribution >= 4 is 0 Å². The molecule has 2 heterocycles. The van der Waals surface area contributed by atoms with Crippen molar-refractivity contribution in [2.45, 2.75) is 18.9 Å². The van der Waals surface area contributed by atoms with Gasteiger partial charge in [0.2, 0.25) is 0 Å². The smallest absolute Gasteiger partial charge is 0.162 e. The third-order valence-electron chi connectivity index (χ3n) is 3.68. The van der Waals surface area contributed by atoms with Crippen LogP contribution in [0.3, 0.4) is 0 Å². The summed E-state index contributed by atoms with van der Waals surface area (Å²) in [4.78, 5) is 1.48. The van der Waals surface area contributed by atoms with Gasteiger partial charge in [0.25, 0.3) is 0 Å². The van der Waals surface area contributed by atoms with E-state index >= 15 is 0 Å². The zero-order valence-corrected chi connectivity index (χ0v) is 10.8. The van der Waals surface area contributed by atoms with Crippen LogP contribution in [0.5, 0.6) is 0 Å². The van der Waals surface area contributed by atoms with Crippen molar-refractivity contribution in [3.8, 4) is 0 Å². The first-order valence-corrected chi connectivity index (χ1v) is 6.64. The molecule has 0 radical (unpaired) electrons. The van der Waals surface area contributed by atoms with Crippen LogP contribution in [0.2, 0.25) is 0 Å². The highest BCUT2D eigenvalue weighted by Gasteiger charge is 2.28. The molecule has 1 unspecified atom stereocenters. The summed E-state index contributed by atoms with van der Waals surface area (Å²) < 4.78 is 26.6. The lowest BCUT2D eigenvalue weighted by atomic mass is 9.87. The number of benzene rings is 1. The third-order valence-corrected chi connectivity index (χ3v) is 3.68. The van der Waals surface area contributed by atoms with Gasteiger partial charge in [-0.25, -0.2) is 8.78 Å². The Hall–Kier alpha value is -1.89. The predicted octanol–water partition coefficient (Wildman–Crippen LogP) is 1.54. The van der Waals surface area contributed by atoms with Crippen molar-refractivity contribution in [3.63, 3.8) is 0 Å². The van der Waals surface area contributed by atoms with Gasteiger partial charge in [-0.2, -0.15) is 4.80 Å². The maximum Gasteiger partial charge on any atom is 0.162 e. The van der Waals surface area contributed by atoms with Crippen molar-refractivity contribution in [1.29, 1.82) is 0 Å². The Labute approximate surface area is 115 Å². The molecule has 7 heteroatoms. The van der Waals surface area contributed by atoms with Gasteiger partial charge >= 0.3 is 0 Å². The average Bonchev–Trinajstić information content (AvgIpc) is 2.98. The monoisotopic (exact) mass is 279 g/mol. The Bertz CT molecular complexity index is 566. The van der Waals surface area contributed by atoms with Crippen molar-refractivity contribution in [1.82, 2.24) is 25.5 Å². The molecule has 0 saturated carbocycles. The summed E-state index contributed by atoms with van der Waals surface area (Å²) in [5.41, 5.74) is 0.663. The molecule has 2 aromatic rings. The number of nitrogens with one attached hydrogen (secondary N) is 1. The normalized spacial score (nSPS) is 20.8. The molecule has 5 nitrogen and oxygen atoms in total. The molecule has 1 aliphatic heterocycles. The van der Waals surface area contributed by atoms with E-state index in [1.54, 1.807) is 6.07 Å². The fourth-order valence-electron chi connectivity index (χ4n) is 2.74. The topological polar surface area (TPSA) is 55.6 Å². The number of aromatic nitrogens is 4. The highest BCUT2D eigenvalue weighted by Crippen LogP contribution is 2.30. The lowest BCUT2D eigenvalue weighted by Crippen LogP contribution is -2.36. The Morgan fingerprint density at radius 3 is 2.85 bits per heavy atom. The lowest BCUT2D eigenvalue weighted by molar-refractivity contribution is 0.260. The summed E-state index contributed by atoms with van der Waals surface area (Å²) in [6, 6.07) is 3.71. The molecule has 1 aliphatic rings. The maximum absolute atomic E-state index is 13.5. The molecule has 0 aliphatic carbocycles. The molecule has 1 aromatic heterocycles. The van der Waals surface area contributed by atoms with E-state index in [2.05, 4.69) is 20.7 Å². The highest BCUT2D eigenvalue weighted by molar-refractivity contribution is 5.22. The summed E-state index contributed by atoms with van der Waals surface area (Å²) in [6.07, 6.45) is 3.38. The van der Waals surface area contributed by atoms with Crippen LogP contribution in [-0.2, 0) is 0 Å². The van der Waals surface area contributed by atoms with Gasteiger partial charge in [0.15, 0.2) is 18.0 Å². The van der Waals surface area contributed by atoms with Crippen molar-refractivity contribution in [3.05, 3.63) is 41.7 Å². The van der Waals surface area contributed by atoms with E-state index in [4.69, 9.17) is 0 Å². The lowest BCUT2D eigenvalue weighted by Gasteiger charge is -2.30. The van der Waals surface area contributed by atoms with Crippen LogP contribution in [0.1, 0.15) is 24.4 Å². The van der Waals surface area contributed by atoms with Gasteiger partial charge in [-0.15, -0.1) is 10.2 Å². The largest absolute Gasteiger partial charge is 0.316 e. The molecule has 20 heavy (non-hydrogen) atoms. The molecule has 1 saturated heterocycles. The molecule has 3 rings (SSSR count). The second kappa shape index (κ2) is 5.62. The molecule has 1 fully saturated rings. The van der Waals surface area contributed by atoms with Crippen molar-refractivity contribution in [2.24, 2.45) is 5.92 Å². The van der Waals surface area contributed by atoms with E-state index < -0.39 is 11.6 Å². The number of halogens is 2. The van der Waals surface area contributed by atoms with E-state index in [1.165, 1.54) is 17.2 Å². The minimum atomic E-state index is -0.851. The van der Waals surface area contributed by atoms with Gasteiger partial charge in [-0.3, -0.25) is 0 Å². The number of hydrogen-bond acceptors (Lipinski definition) is 4. The Morgan fingerprint density at radius 1 is 1.30 bits per heavy atom. The van der Waals surface area contributed by atoms with Gasteiger partial charge in [0.1, 0.15) is 6.04 Å².